The van der Waals surface area contributed by atoms with Crippen LogP contribution in [0.1, 0.15) is 44.5 Å². The summed E-state index contributed by atoms with van der Waals surface area (Å²) < 4.78 is 4.48. The molecule has 0 fully saturated rings. The summed E-state index contributed by atoms with van der Waals surface area (Å²) in [5.41, 5.74) is 14.5. The van der Waals surface area contributed by atoms with Crippen molar-refractivity contribution in [1.29, 1.82) is 0 Å². The highest BCUT2D eigenvalue weighted by Gasteiger charge is 2.19. The third kappa shape index (κ3) is 7.01. The lowest BCUT2D eigenvalue weighted by Gasteiger charge is -2.12. The number of nitrogens with zero attached hydrogens (tertiary/aromatic N) is 4. The average molecular weight is 751 g/mol. The number of aromatic nitrogens is 2. The summed E-state index contributed by atoms with van der Waals surface area (Å²) in [4.78, 5) is 10.4. The first-order chi connectivity index (χ1) is 28.4. The van der Waals surface area contributed by atoms with Gasteiger partial charge in [0.15, 0.2) is 0 Å². The van der Waals surface area contributed by atoms with E-state index < -0.39 is 0 Å². The van der Waals surface area contributed by atoms with Crippen molar-refractivity contribution in [3.8, 4) is 27.9 Å². The Morgan fingerprint density at radius 2 is 1.24 bits per heavy atom. The van der Waals surface area contributed by atoms with Crippen LogP contribution in [0.4, 0.5) is 0 Å². The Morgan fingerprint density at radius 1 is 0.586 bits per heavy atom. The highest BCUT2D eigenvalue weighted by Crippen LogP contribution is 2.37. The molecule has 0 aliphatic rings. The molecule has 282 valence electrons. The van der Waals surface area contributed by atoms with Gasteiger partial charge in [-0.05, 0) is 110 Å². The standard InChI is InChI=1S/C54H46N4/c1-7-20-39(9-3)37(5)55-54(56-38(6)40-22-13-11-14-23-40)58-51-29-18-17-28-47(51)48-32-30-44(36-53(48)58)42-25-19-24-41(34-42)43-31-33-52-49(35-43)46(21-8-2)50(10-4)57(52)45-26-15-12-16-27-45/h7-36H,4-5H2,1-3,6H3/b20-7-,21-8-,39-9+,55-54?,56-38+. The van der Waals surface area contributed by atoms with Crippen molar-refractivity contribution in [2.75, 3.05) is 0 Å². The zero-order valence-corrected chi connectivity index (χ0v) is 33.5. The summed E-state index contributed by atoms with van der Waals surface area (Å²) in [7, 11) is 0. The lowest BCUT2D eigenvalue weighted by molar-refractivity contribution is 1.11. The second-order valence-electron chi connectivity index (χ2n) is 14.2. The van der Waals surface area contributed by atoms with Crippen molar-refractivity contribution in [2.45, 2.75) is 27.7 Å². The number of para-hydroxylation sites is 2. The third-order valence-corrected chi connectivity index (χ3v) is 10.7. The van der Waals surface area contributed by atoms with E-state index in [1.165, 1.54) is 5.39 Å². The average Bonchev–Trinajstić information content (AvgIpc) is 3.77. The fourth-order valence-electron chi connectivity index (χ4n) is 7.90. The molecule has 0 N–H and O–H groups in total. The molecule has 0 amide bonds. The van der Waals surface area contributed by atoms with E-state index in [1.807, 2.05) is 63.3 Å². The molecule has 8 rings (SSSR count). The van der Waals surface area contributed by atoms with Crippen LogP contribution in [0.3, 0.4) is 0 Å². The van der Waals surface area contributed by atoms with Gasteiger partial charge in [-0.2, -0.15) is 0 Å². The van der Waals surface area contributed by atoms with E-state index >= 15 is 0 Å². The summed E-state index contributed by atoms with van der Waals surface area (Å²) >= 11 is 0. The molecule has 0 aliphatic heterocycles. The van der Waals surface area contributed by atoms with Crippen molar-refractivity contribution >= 4 is 56.5 Å². The Morgan fingerprint density at radius 3 is 1.95 bits per heavy atom. The van der Waals surface area contributed by atoms with Gasteiger partial charge in [-0.15, -0.1) is 0 Å². The molecule has 0 saturated carbocycles. The van der Waals surface area contributed by atoms with Crippen molar-refractivity contribution < 1.29 is 0 Å². The van der Waals surface area contributed by atoms with E-state index in [4.69, 9.17) is 9.98 Å². The van der Waals surface area contributed by atoms with Crippen molar-refractivity contribution in [2.24, 2.45) is 9.98 Å². The molecule has 4 heteroatoms. The molecule has 0 unspecified atom stereocenters. The fourth-order valence-corrected chi connectivity index (χ4v) is 7.90. The van der Waals surface area contributed by atoms with Crippen LogP contribution in [0, 0.1) is 0 Å². The van der Waals surface area contributed by atoms with Gasteiger partial charge in [-0.25, -0.2) is 9.98 Å². The van der Waals surface area contributed by atoms with E-state index in [0.29, 0.717) is 11.7 Å². The van der Waals surface area contributed by atoms with Gasteiger partial charge in [0.2, 0.25) is 5.96 Å². The Bertz CT molecular complexity index is 3000. The summed E-state index contributed by atoms with van der Waals surface area (Å²) in [6.07, 6.45) is 12.3. The van der Waals surface area contributed by atoms with E-state index in [0.717, 1.165) is 83.4 Å². The van der Waals surface area contributed by atoms with E-state index in [1.54, 1.807) is 0 Å². The summed E-state index contributed by atoms with van der Waals surface area (Å²) in [5, 5.41) is 3.44. The number of hydrogen-bond donors (Lipinski definition) is 0. The smallest absolute Gasteiger partial charge is 0.235 e. The van der Waals surface area contributed by atoms with Crippen molar-refractivity contribution in [3.05, 3.63) is 211 Å². The molecule has 0 radical (unpaired) electrons. The second-order valence-corrected chi connectivity index (χ2v) is 14.2. The third-order valence-electron chi connectivity index (χ3n) is 10.7. The Balaban J connectivity index is 1.29. The van der Waals surface area contributed by atoms with Gasteiger partial charge in [0.05, 0.1) is 27.9 Å². The largest absolute Gasteiger partial charge is 0.309 e. The van der Waals surface area contributed by atoms with Crippen LogP contribution in [-0.2, 0) is 0 Å². The normalized spacial score (nSPS) is 12.8. The minimum Gasteiger partial charge on any atom is -0.309 e. The molecule has 8 aromatic rings. The lowest BCUT2D eigenvalue weighted by atomic mass is 9.97. The van der Waals surface area contributed by atoms with Crippen LogP contribution in [0.15, 0.2) is 204 Å². The van der Waals surface area contributed by atoms with Gasteiger partial charge in [0, 0.05) is 33.1 Å². The quantitative estimate of drug-likeness (QED) is 0.0800. The monoisotopic (exact) mass is 750 g/mol. The fraction of sp³-hybridized carbons (Fsp3) is 0.0741. The van der Waals surface area contributed by atoms with Gasteiger partial charge in [0.1, 0.15) is 0 Å². The van der Waals surface area contributed by atoms with Crippen LogP contribution < -0.4 is 0 Å². The number of fused-ring (bicyclic) bond motifs is 4. The van der Waals surface area contributed by atoms with Crippen LogP contribution in [0.5, 0.6) is 0 Å². The van der Waals surface area contributed by atoms with Gasteiger partial charge in [-0.3, -0.25) is 4.57 Å². The maximum absolute atomic E-state index is 5.25. The van der Waals surface area contributed by atoms with Crippen LogP contribution in [0.2, 0.25) is 0 Å². The predicted molar refractivity (Wildman–Crippen MR) is 251 cm³/mol. The minimum atomic E-state index is 0.555. The zero-order chi connectivity index (χ0) is 40.2. The molecule has 0 aliphatic carbocycles. The number of allylic oxidation sites excluding steroid dienone is 4. The Hall–Kier alpha value is -7.30. The lowest BCUT2D eigenvalue weighted by Crippen LogP contribution is -2.13. The topological polar surface area (TPSA) is 34.6 Å². The van der Waals surface area contributed by atoms with Crippen LogP contribution >= 0.6 is 0 Å². The van der Waals surface area contributed by atoms with E-state index in [2.05, 4.69) is 169 Å². The van der Waals surface area contributed by atoms with E-state index in [9.17, 15) is 0 Å². The molecule has 58 heavy (non-hydrogen) atoms. The minimum absolute atomic E-state index is 0.555. The van der Waals surface area contributed by atoms with Gasteiger partial charge >= 0.3 is 0 Å². The van der Waals surface area contributed by atoms with Crippen molar-refractivity contribution in [1.82, 2.24) is 9.13 Å². The number of benzene rings is 6. The molecule has 2 aromatic heterocycles. The summed E-state index contributed by atoms with van der Waals surface area (Å²) in [5.74, 6) is 0.555. The molecule has 0 atom stereocenters. The SMILES string of the molecule is C=Cc1c(/C=C\C)c2cc(-c3cccc(-c4ccc5c6ccccc6n(C(=NC(=C)C(/C=C\C)=C/C)/N=C(\C)c6ccccc6)c5c4)c3)ccc2n1-c1ccccc1. The van der Waals surface area contributed by atoms with Gasteiger partial charge in [-0.1, -0.05) is 147 Å². The van der Waals surface area contributed by atoms with Crippen LogP contribution in [-0.4, -0.2) is 20.8 Å². The second kappa shape index (κ2) is 16.4. The maximum Gasteiger partial charge on any atom is 0.235 e. The molecule has 2 heterocycles. The van der Waals surface area contributed by atoms with Gasteiger partial charge < -0.3 is 4.57 Å². The summed E-state index contributed by atoms with van der Waals surface area (Å²) in [6, 6.07) is 51.5. The van der Waals surface area contributed by atoms with Crippen molar-refractivity contribution in [3.63, 3.8) is 0 Å². The Labute approximate surface area is 341 Å². The molecule has 0 saturated heterocycles. The molecule has 4 nitrogen and oxygen atoms in total. The highest BCUT2D eigenvalue weighted by atomic mass is 15.2. The predicted octanol–water partition coefficient (Wildman–Crippen LogP) is 14.5. The number of aliphatic imine (C=N–C) groups is 2. The molecule has 0 spiro atoms. The maximum atomic E-state index is 5.25. The summed E-state index contributed by atoms with van der Waals surface area (Å²) in [6.45, 7) is 16.7. The Kier molecular flexibility index (Phi) is 10.7. The molecular weight excluding hydrogens is 705 g/mol. The number of hydrogen-bond acceptors (Lipinski definition) is 1. The number of rotatable bonds is 9. The first-order valence-corrected chi connectivity index (χ1v) is 19.7. The molecule has 0 bridgehead atoms. The zero-order valence-electron chi connectivity index (χ0n) is 33.5. The van der Waals surface area contributed by atoms with E-state index in [-0.39, 0.29) is 0 Å². The highest BCUT2D eigenvalue weighted by molar-refractivity contribution is 6.17. The van der Waals surface area contributed by atoms with Crippen LogP contribution in [0.25, 0.3) is 72.8 Å². The molecular formula is C54H46N4. The molecule has 6 aromatic carbocycles. The first-order valence-electron chi connectivity index (χ1n) is 19.7. The first kappa shape index (κ1) is 37.6. The van der Waals surface area contributed by atoms with Gasteiger partial charge in [0.25, 0.3) is 0 Å².